The summed E-state index contributed by atoms with van der Waals surface area (Å²) in [5, 5.41) is 0. The third kappa shape index (κ3) is 6.53. The van der Waals surface area contributed by atoms with Crippen molar-refractivity contribution in [1.29, 1.82) is 0 Å². The van der Waals surface area contributed by atoms with Crippen molar-refractivity contribution < 1.29 is 4.57 Å². The number of rotatable bonds is 6. The Morgan fingerprint density at radius 1 is 0.696 bits per heavy atom. The van der Waals surface area contributed by atoms with E-state index in [-0.39, 0.29) is 0 Å². The van der Waals surface area contributed by atoms with Crippen molar-refractivity contribution in [2.24, 2.45) is 0 Å². The second kappa shape index (κ2) is 11.2. The van der Waals surface area contributed by atoms with Gasteiger partial charge in [0.05, 0.1) is 0 Å². The molecule has 0 amide bonds. The Kier molecular flexibility index (Phi) is 9.19. The van der Waals surface area contributed by atoms with Crippen LogP contribution in [0.4, 0.5) is 0 Å². The molecule has 0 aromatic rings. The molecule has 0 radical (unpaired) electrons. The minimum atomic E-state index is 0.479. The van der Waals surface area contributed by atoms with Crippen LogP contribution in [0, 0.1) is 0 Å². The van der Waals surface area contributed by atoms with E-state index in [1.54, 1.807) is 0 Å². The van der Waals surface area contributed by atoms with Crippen LogP contribution in [0.3, 0.4) is 0 Å². The van der Waals surface area contributed by atoms with Crippen molar-refractivity contribution in [3.8, 4) is 0 Å². The first kappa shape index (κ1) is 18.9. The summed E-state index contributed by atoms with van der Waals surface area (Å²) in [5.41, 5.74) is 0. The molecule has 2 atom stereocenters. The average molecular weight is 314 g/mol. The molecule has 128 valence electrons. The number of hydrogen-bond donors (Lipinski definition) is 0. The summed E-state index contributed by atoms with van der Waals surface area (Å²) < 4.78 is 6.77. The molecule has 0 saturated carbocycles. The summed E-state index contributed by atoms with van der Waals surface area (Å²) in [6.07, 6.45) is 24.9. The lowest BCUT2D eigenvalue weighted by Crippen LogP contribution is -2.35. The highest BCUT2D eigenvalue weighted by molar-refractivity contribution is 6.67. The first-order valence-corrected chi connectivity index (χ1v) is 10.3. The molecule has 0 fully saturated rings. The molecule has 2 aliphatic carbocycles. The van der Waals surface area contributed by atoms with Crippen LogP contribution in [0.25, 0.3) is 0 Å². The lowest BCUT2D eigenvalue weighted by Gasteiger charge is -2.31. The number of hydrogen-bond acceptors (Lipinski definition) is 1. The van der Waals surface area contributed by atoms with Gasteiger partial charge in [0.25, 0.3) is 13.8 Å². The van der Waals surface area contributed by atoms with Crippen molar-refractivity contribution in [2.75, 3.05) is 0 Å². The van der Waals surface area contributed by atoms with E-state index in [2.05, 4.69) is 38.2 Å². The molecule has 2 aliphatic rings. The van der Waals surface area contributed by atoms with Crippen molar-refractivity contribution in [1.82, 2.24) is 0 Å². The van der Waals surface area contributed by atoms with E-state index in [1.165, 1.54) is 76.8 Å². The lowest BCUT2D eigenvalue weighted by atomic mass is 9.44. The molecule has 2 rings (SSSR count). The Morgan fingerprint density at radius 3 is 1.57 bits per heavy atom. The van der Waals surface area contributed by atoms with Gasteiger partial charge >= 0.3 is 0 Å². The van der Waals surface area contributed by atoms with Crippen LogP contribution in [0.1, 0.15) is 78.1 Å². The SMILES string of the molecule is CCB(OB(CC)C1CC/C=C\CCC1)C1CC/C=C\CCC1. The second-order valence-corrected chi connectivity index (χ2v) is 7.51. The van der Waals surface area contributed by atoms with E-state index in [0.717, 1.165) is 11.6 Å². The summed E-state index contributed by atoms with van der Waals surface area (Å²) in [5.74, 6) is 1.54. The molecule has 0 aromatic carbocycles. The molecule has 1 nitrogen and oxygen atoms in total. The molecule has 0 aliphatic heterocycles. The van der Waals surface area contributed by atoms with Crippen LogP contribution in [0.15, 0.2) is 24.3 Å². The Balaban J connectivity index is 1.93. The van der Waals surface area contributed by atoms with E-state index in [1.807, 2.05) is 0 Å². The maximum atomic E-state index is 6.77. The van der Waals surface area contributed by atoms with Gasteiger partial charge in [-0.3, -0.25) is 0 Å². The predicted molar refractivity (Wildman–Crippen MR) is 106 cm³/mol. The van der Waals surface area contributed by atoms with Gasteiger partial charge in [0.2, 0.25) is 0 Å². The average Bonchev–Trinajstić information content (AvgIpc) is 2.50. The Hall–Kier alpha value is -0.430. The Labute approximate surface area is 145 Å². The maximum Gasteiger partial charge on any atom is 0.279 e. The van der Waals surface area contributed by atoms with Gasteiger partial charge in [-0.15, -0.1) is 0 Å². The molecule has 3 heteroatoms. The van der Waals surface area contributed by atoms with Gasteiger partial charge in [-0.2, -0.15) is 0 Å². The molecular weight excluding hydrogens is 278 g/mol. The Bertz CT molecular complexity index is 333. The van der Waals surface area contributed by atoms with Gasteiger partial charge in [-0.05, 0) is 37.3 Å². The zero-order valence-corrected chi connectivity index (χ0v) is 15.5. The molecule has 23 heavy (non-hydrogen) atoms. The van der Waals surface area contributed by atoms with Crippen LogP contribution in [-0.2, 0) is 4.57 Å². The van der Waals surface area contributed by atoms with E-state index in [0.29, 0.717) is 13.8 Å². The fourth-order valence-corrected chi connectivity index (χ4v) is 4.43. The normalized spacial score (nSPS) is 28.8. The molecule has 0 N–H and O–H groups in total. The molecule has 0 spiro atoms. The summed E-state index contributed by atoms with van der Waals surface area (Å²) in [6, 6.07) is 0. The van der Waals surface area contributed by atoms with E-state index in [9.17, 15) is 0 Å². The standard InChI is InChI=1S/C20H36B2O/c1-3-21(19-15-11-7-5-8-12-16-19)23-22(4-2)20-17-13-9-6-10-14-18-20/h5-7,9,19-20H,3-4,8,10-18H2,1-2H3/b7-5-,9-6-. The molecule has 0 heterocycles. The minimum absolute atomic E-state index is 0.479. The van der Waals surface area contributed by atoms with Crippen LogP contribution in [-0.4, -0.2) is 13.8 Å². The van der Waals surface area contributed by atoms with Gasteiger partial charge in [0.15, 0.2) is 0 Å². The van der Waals surface area contributed by atoms with Crippen molar-refractivity contribution in [3.63, 3.8) is 0 Å². The quantitative estimate of drug-likeness (QED) is 0.386. The third-order valence-electron chi connectivity index (χ3n) is 5.84. The first-order chi connectivity index (χ1) is 11.3. The maximum absolute atomic E-state index is 6.77. The topological polar surface area (TPSA) is 9.23 Å². The largest absolute Gasteiger partial charge is 0.498 e. The highest BCUT2D eigenvalue weighted by Gasteiger charge is 2.32. The smallest absolute Gasteiger partial charge is 0.279 e. The van der Waals surface area contributed by atoms with Crippen molar-refractivity contribution in [2.45, 2.75) is 102 Å². The highest BCUT2D eigenvalue weighted by Crippen LogP contribution is 2.34. The van der Waals surface area contributed by atoms with E-state index in [4.69, 9.17) is 4.57 Å². The zero-order valence-electron chi connectivity index (χ0n) is 15.5. The van der Waals surface area contributed by atoms with Crippen LogP contribution in [0.2, 0.25) is 24.3 Å². The van der Waals surface area contributed by atoms with E-state index >= 15 is 0 Å². The minimum Gasteiger partial charge on any atom is -0.498 e. The first-order valence-electron chi connectivity index (χ1n) is 10.3. The summed E-state index contributed by atoms with van der Waals surface area (Å²) in [7, 11) is 0. The molecule has 0 aromatic heterocycles. The van der Waals surface area contributed by atoms with Crippen molar-refractivity contribution in [3.05, 3.63) is 24.3 Å². The van der Waals surface area contributed by atoms with Gasteiger partial charge in [0, 0.05) is 0 Å². The summed E-state index contributed by atoms with van der Waals surface area (Å²) in [6.45, 7) is 5.61. The molecule has 0 saturated heterocycles. The number of allylic oxidation sites excluding steroid dienone is 4. The summed E-state index contributed by atoms with van der Waals surface area (Å²) >= 11 is 0. The Morgan fingerprint density at radius 2 is 1.13 bits per heavy atom. The van der Waals surface area contributed by atoms with Gasteiger partial charge < -0.3 is 4.57 Å². The fraction of sp³-hybridized carbons (Fsp3) is 0.800. The highest BCUT2D eigenvalue weighted by atomic mass is 16.4. The van der Waals surface area contributed by atoms with E-state index < -0.39 is 0 Å². The van der Waals surface area contributed by atoms with Gasteiger partial charge in [-0.25, -0.2) is 0 Å². The molecule has 2 unspecified atom stereocenters. The van der Waals surface area contributed by atoms with Crippen LogP contribution < -0.4 is 0 Å². The monoisotopic (exact) mass is 314 g/mol. The second-order valence-electron chi connectivity index (χ2n) is 7.51. The van der Waals surface area contributed by atoms with Gasteiger partial charge in [-0.1, -0.05) is 89.3 Å². The lowest BCUT2D eigenvalue weighted by molar-refractivity contribution is 0.483. The van der Waals surface area contributed by atoms with Gasteiger partial charge in [0.1, 0.15) is 0 Å². The molecular formula is C20H36B2O. The fourth-order valence-electron chi connectivity index (χ4n) is 4.43. The summed E-state index contributed by atoms with van der Waals surface area (Å²) in [4.78, 5) is 0. The van der Waals surface area contributed by atoms with Crippen molar-refractivity contribution >= 4 is 13.8 Å². The zero-order chi connectivity index (χ0) is 16.3. The van der Waals surface area contributed by atoms with Crippen LogP contribution in [0.5, 0.6) is 0 Å². The predicted octanol–water partition coefficient (Wildman–Crippen LogP) is 6.81. The third-order valence-corrected chi connectivity index (χ3v) is 5.84. The van der Waals surface area contributed by atoms with Crippen LogP contribution >= 0.6 is 0 Å². The molecule has 0 bridgehead atoms.